The Labute approximate surface area is 155 Å². The van der Waals surface area contributed by atoms with E-state index in [4.69, 9.17) is 0 Å². The van der Waals surface area contributed by atoms with E-state index in [-0.39, 0.29) is 11.8 Å². The molecular weight excluding hydrogens is 356 g/mol. The van der Waals surface area contributed by atoms with Crippen molar-refractivity contribution in [3.05, 3.63) is 17.0 Å². The van der Waals surface area contributed by atoms with Gasteiger partial charge >= 0.3 is 0 Å². The summed E-state index contributed by atoms with van der Waals surface area (Å²) in [5.74, 6) is 0.224. The van der Waals surface area contributed by atoms with E-state index in [2.05, 4.69) is 0 Å². The molecule has 3 rings (SSSR count). The van der Waals surface area contributed by atoms with Gasteiger partial charge < -0.3 is 4.90 Å². The molecular formula is C18H28N2O3S2. The second-order valence-electron chi connectivity index (χ2n) is 6.99. The van der Waals surface area contributed by atoms with Crippen molar-refractivity contribution in [1.82, 2.24) is 9.21 Å². The molecule has 1 aromatic rings. The van der Waals surface area contributed by atoms with Crippen molar-refractivity contribution in [2.24, 2.45) is 5.92 Å². The van der Waals surface area contributed by atoms with Crippen LogP contribution in [0.25, 0.3) is 0 Å². The minimum absolute atomic E-state index is 0.0147. The maximum absolute atomic E-state index is 12.8. The van der Waals surface area contributed by atoms with Crippen LogP contribution < -0.4 is 0 Å². The Hall–Kier alpha value is -0.920. The van der Waals surface area contributed by atoms with Gasteiger partial charge in [0.15, 0.2) is 0 Å². The molecule has 7 heteroatoms. The minimum Gasteiger partial charge on any atom is -0.342 e. The molecule has 0 N–H and O–H groups in total. The Morgan fingerprint density at radius 2 is 1.72 bits per heavy atom. The lowest BCUT2D eigenvalue weighted by atomic mass is 9.96. The summed E-state index contributed by atoms with van der Waals surface area (Å²) in [5.41, 5.74) is 0. The lowest BCUT2D eigenvalue weighted by molar-refractivity contribution is -0.136. The molecule has 2 aliphatic rings. The first-order valence-corrected chi connectivity index (χ1v) is 11.7. The number of aryl methyl sites for hydroxylation is 1. The molecule has 2 saturated heterocycles. The van der Waals surface area contributed by atoms with E-state index >= 15 is 0 Å². The number of carbonyl (C=O) groups excluding carboxylic acids is 1. The zero-order valence-electron chi connectivity index (χ0n) is 14.9. The number of thiophene rings is 1. The van der Waals surface area contributed by atoms with Crippen LogP contribution in [0, 0.1) is 5.92 Å². The topological polar surface area (TPSA) is 57.7 Å². The Bertz CT molecular complexity index is 683. The summed E-state index contributed by atoms with van der Waals surface area (Å²) >= 11 is 1.36. The fraction of sp³-hybridized carbons (Fsp3) is 0.722. The minimum atomic E-state index is -3.40. The molecule has 1 aromatic heterocycles. The van der Waals surface area contributed by atoms with Gasteiger partial charge in [0.2, 0.25) is 5.91 Å². The van der Waals surface area contributed by atoms with Crippen molar-refractivity contribution in [2.45, 2.75) is 56.1 Å². The first-order valence-electron chi connectivity index (χ1n) is 9.40. The van der Waals surface area contributed by atoms with Crippen molar-refractivity contribution in [3.8, 4) is 0 Å². The average Bonchev–Trinajstić information content (AvgIpc) is 2.97. The average molecular weight is 385 g/mol. The van der Waals surface area contributed by atoms with Crippen molar-refractivity contribution < 1.29 is 13.2 Å². The molecule has 0 bridgehead atoms. The van der Waals surface area contributed by atoms with Crippen LogP contribution in [0.1, 0.15) is 50.3 Å². The van der Waals surface area contributed by atoms with Gasteiger partial charge in [0.1, 0.15) is 4.21 Å². The first kappa shape index (κ1) is 18.9. The van der Waals surface area contributed by atoms with E-state index < -0.39 is 10.0 Å². The maximum Gasteiger partial charge on any atom is 0.252 e. The molecule has 2 fully saturated rings. The van der Waals surface area contributed by atoms with Crippen LogP contribution in [-0.2, 0) is 21.2 Å². The molecule has 2 aliphatic heterocycles. The van der Waals surface area contributed by atoms with Gasteiger partial charge in [-0.1, -0.05) is 19.8 Å². The maximum atomic E-state index is 12.8. The van der Waals surface area contributed by atoms with Gasteiger partial charge in [0.05, 0.1) is 0 Å². The van der Waals surface area contributed by atoms with Gasteiger partial charge in [-0.15, -0.1) is 11.3 Å². The number of sulfonamides is 1. The Morgan fingerprint density at radius 1 is 1.08 bits per heavy atom. The van der Waals surface area contributed by atoms with Gasteiger partial charge in [-0.2, -0.15) is 4.31 Å². The highest BCUT2D eigenvalue weighted by Crippen LogP contribution is 2.29. The summed E-state index contributed by atoms with van der Waals surface area (Å²) in [7, 11) is -3.40. The highest BCUT2D eigenvalue weighted by atomic mass is 32.2. The van der Waals surface area contributed by atoms with E-state index in [1.165, 1.54) is 24.2 Å². The molecule has 0 aromatic carbocycles. The molecule has 1 amide bonds. The fourth-order valence-electron chi connectivity index (χ4n) is 3.71. The summed E-state index contributed by atoms with van der Waals surface area (Å²) < 4.78 is 27.6. The molecule has 0 aliphatic carbocycles. The number of nitrogens with zero attached hydrogens (tertiary/aromatic N) is 2. The smallest absolute Gasteiger partial charge is 0.252 e. The van der Waals surface area contributed by atoms with Gasteiger partial charge in [0, 0.05) is 37.0 Å². The number of carbonyl (C=O) groups is 1. The van der Waals surface area contributed by atoms with E-state index in [0.29, 0.717) is 30.1 Å². The number of piperidine rings is 1. The monoisotopic (exact) mass is 384 g/mol. The molecule has 5 nitrogen and oxygen atoms in total. The van der Waals surface area contributed by atoms with Crippen molar-refractivity contribution in [1.29, 1.82) is 0 Å². The van der Waals surface area contributed by atoms with E-state index in [1.807, 2.05) is 17.9 Å². The molecule has 140 valence electrons. The lowest BCUT2D eigenvalue weighted by Crippen LogP contribution is -2.44. The summed E-state index contributed by atoms with van der Waals surface area (Å²) in [6.07, 6.45) is 6.74. The van der Waals surface area contributed by atoms with Crippen molar-refractivity contribution in [3.63, 3.8) is 0 Å². The summed E-state index contributed by atoms with van der Waals surface area (Å²) in [6.45, 7) is 4.67. The zero-order valence-corrected chi connectivity index (χ0v) is 16.6. The number of hydrogen-bond acceptors (Lipinski definition) is 4. The van der Waals surface area contributed by atoms with Crippen LogP contribution >= 0.6 is 11.3 Å². The highest BCUT2D eigenvalue weighted by Gasteiger charge is 2.34. The number of amides is 1. The third kappa shape index (κ3) is 4.26. The fourth-order valence-corrected chi connectivity index (χ4v) is 6.63. The normalized spacial score (nSPS) is 21.2. The van der Waals surface area contributed by atoms with Gasteiger partial charge in [-0.3, -0.25) is 4.79 Å². The van der Waals surface area contributed by atoms with Crippen LogP contribution in [0.2, 0.25) is 0 Å². The predicted octanol–water partition coefficient (Wildman–Crippen LogP) is 3.11. The van der Waals surface area contributed by atoms with Crippen LogP contribution in [0.15, 0.2) is 16.3 Å². The van der Waals surface area contributed by atoms with E-state index in [9.17, 15) is 13.2 Å². The van der Waals surface area contributed by atoms with Gasteiger partial charge in [-0.25, -0.2) is 8.42 Å². The number of likely N-dealkylation sites (tertiary alicyclic amines) is 1. The third-order valence-corrected chi connectivity index (χ3v) is 8.90. The molecule has 0 unspecified atom stereocenters. The molecule has 25 heavy (non-hydrogen) atoms. The quantitative estimate of drug-likeness (QED) is 0.801. The summed E-state index contributed by atoms with van der Waals surface area (Å²) in [6, 6.07) is 3.61. The van der Waals surface area contributed by atoms with Gasteiger partial charge in [-0.05, 0) is 44.2 Å². The van der Waals surface area contributed by atoms with Gasteiger partial charge in [0.25, 0.3) is 10.0 Å². The third-order valence-electron chi connectivity index (χ3n) is 5.30. The molecule has 3 heterocycles. The molecule has 0 atom stereocenters. The standard InChI is InChI=1S/C18H28N2O3S2/c1-2-16-7-8-17(24-16)25(22,23)20-13-9-15(10-14-20)18(21)19-11-5-3-4-6-12-19/h7-8,15H,2-6,9-14H2,1H3. The van der Waals surface area contributed by atoms with Crippen molar-refractivity contribution >= 4 is 27.3 Å². The largest absolute Gasteiger partial charge is 0.342 e. The lowest BCUT2D eigenvalue weighted by Gasteiger charge is -2.33. The number of hydrogen-bond donors (Lipinski definition) is 0. The molecule has 0 radical (unpaired) electrons. The highest BCUT2D eigenvalue weighted by molar-refractivity contribution is 7.91. The van der Waals surface area contributed by atoms with Crippen LogP contribution in [0.5, 0.6) is 0 Å². The predicted molar refractivity (Wildman–Crippen MR) is 100 cm³/mol. The van der Waals surface area contributed by atoms with Crippen LogP contribution in [0.4, 0.5) is 0 Å². The summed E-state index contributed by atoms with van der Waals surface area (Å²) in [4.78, 5) is 15.8. The van der Waals surface area contributed by atoms with E-state index in [0.717, 1.165) is 37.2 Å². The second-order valence-corrected chi connectivity index (χ2v) is 10.3. The van der Waals surface area contributed by atoms with Crippen LogP contribution in [0.3, 0.4) is 0 Å². The zero-order chi connectivity index (χ0) is 17.9. The SMILES string of the molecule is CCc1ccc(S(=O)(=O)N2CCC(C(=O)N3CCCCCC3)CC2)s1. The molecule has 0 saturated carbocycles. The Kier molecular flexibility index (Phi) is 6.17. The Balaban J connectivity index is 1.60. The summed E-state index contributed by atoms with van der Waals surface area (Å²) in [5, 5.41) is 0. The second kappa shape index (κ2) is 8.18. The number of rotatable bonds is 4. The van der Waals surface area contributed by atoms with Crippen molar-refractivity contribution in [2.75, 3.05) is 26.2 Å². The van der Waals surface area contributed by atoms with E-state index in [1.54, 1.807) is 10.4 Å². The Morgan fingerprint density at radius 3 is 2.28 bits per heavy atom. The van der Waals surface area contributed by atoms with Crippen LogP contribution in [-0.4, -0.2) is 49.7 Å². The first-order chi connectivity index (χ1) is 12.0. The molecule has 0 spiro atoms.